The monoisotopic (exact) mass is 460 g/mol. The average Bonchev–Trinajstić information content (AvgIpc) is 3.23. The van der Waals surface area contributed by atoms with Crippen molar-refractivity contribution in [2.24, 2.45) is 17.8 Å². The molecular weight excluding hydrogens is 428 g/mol. The molecule has 0 aliphatic heterocycles. The number of rotatable bonds is 8. The summed E-state index contributed by atoms with van der Waals surface area (Å²) in [6, 6.07) is -0.762. The summed E-state index contributed by atoms with van der Waals surface area (Å²) in [5, 5.41) is 10.5. The maximum Gasteiger partial charge on any atom is 0.275 e. The highest BCUT2D eigenvalue weighted by Gasteiger charge is 2.33. The molecule has 0 aromatic carbocycles. The largest absolute Gasteiger partial charge is 0.502 e. The molecule has 1 aromatic rings. The summed E-state index contributed by atoms with van der Waals surface area (Å²) in [5.74, 6) is 0.309. The molecule has 4 atom stereocenters. The summed E-state index contributed by atoms with van der Waals surface area (Å²) in [5.41, 5.74) is 0.126. The van der Waals surface area contributed by atoms with Gasteiger partial charge in [-0.25, -0.2) is 4.98 Å². The highest BCUT2D eigenvalue weighted by molar-refractivity contribution is 7.09. The van der Waals surface area contributed by atoms with Crippen molar-refractivity contribution in [2.45, 2.75) is 52.0 Å². The van der Waals surface area contributed by atoms with Gasteiger partial charge in [0.15, 0.2) is 0 Å². The molecule has 32 heavy (non-hydrogen) atoms. The van der Waals surface area contributed by atoms with Gasteiger partial charge in [-0.3, -0.25) is 14.4 Å². The van der Waals surface area contributed by atoms with E-state index >= 15 is 0 Å². The fraction of sp³-hybridized carbons (Fsp3) is 0.565. The SMILES string of the molecule is CO/C=C(/NC(=O)c1csc(C)n1)C(=O)N[C@@H](C)C(=O)NCC1CCCC2CCC=CC21. The Morgan fingerprint density at radius 3 is 2.84 bits per heavy atom. The Kier molecular flexibility index (Phi) is 8.44. The molecule has 3 N–H and O–H groups in total. The van der Waals surface area contributed by atoms with Crippen molar-refractivity contribution in [1.29, 1.82) is 0 Å². The van der Waals surface area contributed by atoms with Crippen molar-refractivity contribution >= 4 is 29.1 Å². The Morgan fingerprint density at radius 2 is 2.12 bits per heavy atom. The summed E-state index contributed by atoms with van der Waals surface area (Å²) in [4.78, 5) is 41.7. The first-order valence-corrected chi connectivity index (χ1v) is 12.0. The second kappa shape index (κ2) is 11.3. The maximum atomic E-state index is 12.6. The van der Waals surface area contributed by atoms with Crippen LogP contribution in [0.2, 0.25) is 0 Å². The molecule has 3 amide bonds. The van der Waals surface area contributed by atoms with Crippen LogP contribution in [0.25, 0.3) is 0 Å². The first kappa shape index (κ1) is 24.0. The van der Waals surface area contributed by atoms with E-state index in [4.69, 9.17) is 4.74 Å². The first-order valence-electron chi connectivity index (χ1n) is 11.1. The zero-order chi connectivity index (χ0) is 23.1. The third-order valence-corrected chi connectivity index (χ3v) is 6.93. The summed E-state index contributed by atoms with van der Waals surface area (Å²) < 4.78 is 4.92. The van der Waals surface area contributed by atoms with Crippen LogP contribution < -0.4 is 16.0 Å². The number of nitrogens with zero attached hydrogens (tertiary/aromatic N) is 1. The summed E-state index contributed by atoms with van der Waals surface area (Å²) in [6.45, 7) is 4.01. The van der Waals surface area contributed by atoms with Crippen LogP contribution in [0.3, 0.4) is 0 Å². The Hall–Kier alpha value is -2.68. The number of carbonyl (C=O) groups is 3. The van der Waals surface area contributed by atoms with Crippen LogP contribution in [0.1, 0.15) is 54.5 Å². The van der Waals surface area contributed by atoms with Gasteiger partial charge in [-0.1, -0.05) is 18.6 Å². The predicted molar refractivity (Wildman–Crippen MR) is 123 cm³/mol. The Morgan fingerprint density at radius 1 is 1.31 bits per heavy atom. The highest BCUT2D eigenvalue weighted by atomic mass is 32.1. The number of aromatic nitrogens is 1. The van der Waals surface area contributed by atoms with Gasteiger partial charge in [0, 0.05) is 11.9 Å². The van der Waals surface area contributed by atoms with Gasteiger partial charge in [0.1, 0.15) is 23.7 Å². The lowest BCUT2D eigenvalue weighted by Crippen LogP contribution is -2.48. The molecule has 0 saturated heterocycles. The van der Waals surface area contributed by atoms with Gasteiger partial charge in [-0.05, 0) is 57.3 Å². The number of hydrogen-bond donors (Lipinski definition) is 3. The Bertz CT molecular complexity index is 894. The van der Waals surface area contributed by atoms with Crippen LogP contribution in [-0.4, -0.2) is 42.4 Å². The fourth-order valence-corrected chi connectivity index (χ4v) is 5.09. The van der Waals surface area contributed by atoms with Gasteiger partial charge in [-0.15, -0.1) is 11.3 Å². The number of hydrogen-bond acceptors (Lipinski definition) is 6. The third-order valence-electron chi connectivity index (χ3n) is 6.16. The third kappa shape index (κ3) is 6.18. The summed E-state index contributed by atoms with van der Waals surface area (Å²) >= 11 is 1.34. The van der Waals surface area contributed by atoms with E-state index in [-0.39, 0.29) is 17.3 Å². The molecule has 8 nitrogen and oxygen atoms in total. The Labute approximate surface area is 192 Å². The number of thiazole rings is 1. The van der Waals surface area contributed by atoms with E-state index in [1.165, 1.54) is 37.7 Å². The van der Waals surface area contributed by atoms with E-state index in [1.807, 2.05) is 0 Å². The van der Waals surface area contributed by atoms with Crippen LogP contribution in [0.5, 0.6) is 0 Å². The lowest BCUT2D eigenvalue weighted by Gasteiger charge is -2.38. The molecule has 174 valence electrons. The van der Waals surface area contributed by atoms with Crippen molar-refractivity contribution in [1.82, 2.24) is 20.9 Å². The van der Waals surface area contributed by atoms with Gasteiger partial charge >= 0.3 is 0 Å². The van der Waals surface area contributed by atoms with Crippen molar-refractivity contribution in [2.75, 3.05) is 13.7 Å². The first-order chi connectivity index (χ1) is 15.4. The van der Waals surface area contributed by atoms with Crippen LogP contribution in [-0.2, 0) is 14.3 Å². The minimum atomic E-state index is -0.762. The molecule has 2 aliphatic rings. The number of allylic oxidation sites excluding steroid dienone is 2. The number of fused-ring (bicyclic) bond motifs is 1. The molecule has 3 rings (SSSR count). The summed E-state index contributed by atoms with van der Waals surface area (Å²) in [7, 11) is 1.37. The molecule has 0 bridgehead atoms. The number of carbonyl (C=O) groups excluding carboxylic acids is 3. The number of nitrogens with one attached hydrogen (secondary N) is 3. The van der Waals surface area contributed by atoms with E-state index in [0.29, 0.717) is 18.4 Å². The smallest absolute Gasteiger partial charge is 0.275 e. The van der Waals surface area contributed by atoms with E-state index in [2.05, 4.69) is 33.1 Å². The molecule has 0 spiro atoms. The van der Waals surface area contributed by atoms with Gasteiger partial charge in [-0.2, -0.15) is 0 Å². The van der Waals surface area contributed by atoms with E-state index in [0.717, 1.165) is 30.0 Å². The van der Waals surface area contributed by atoms with Gasteiger partial charge < -0.3 is 20.7 Å². The van der Waals surface area contributed by atoms with Crippen LogP contribution in [0.4, 0.5) is 0 Å². The predicted octanol–water partition coefficient (Wildman–Crippen LogP) is 2.67. The molecule has 2 aliphatic carbocycles. The fourth-order valence-electron chi connectivity index (χ4n) is 4.50. The topological polar surface area (TPSA) is 109 Å². The van der Waals surface area contributed by atoms with Crippen LogP contribution in [0.15, 0.2) is 29.5 Å². The normalized spacial score (nSPS) is 23.6. The van der Waals surface area contributed by atoms with E-state index in [1.54, 1.807) is 19.2 Å². The van der Waals surface area contributed by atoms with Crippen LogP contribution >= 0.6 is 11.3 Å². The molecule has 1 heterocycles. The van der Waals surface area contributed by atoms with Crippen LogP contribution in [0, 0.1) is 24.7 Å². The van der Waals surface area contributed by atoms with Crippen molar-refractivity contribution < 1.29 is 19.1 Å². The maximum absolute atomic E-state index is 12.6. The lowest BCUT2D eigenvalue weighted by molar-refractivity contribution is -0.127. The molecule has 1 fully saturated rings. The van der Waals surface area contributed by atoms with Crippen molar-refractivity contribution in [3.63, 3.8) is 0 Å². The van der Waals surface area contributed by atoms with E-state index < -0.39 is 17.9 Å². The number of aryl methyl sites for hydroxylation is 1. The van der Waals surface area contributed by atoms with Crippen molar-refractivity contribution in [3.05, 3.63) is 40.2 Å². The number of amides is 3. The van der Waals surface area contributed by atoms with E-state index in [9.17, 15) is 14.4 Å². The second-order valence-corrected chi connectivity index (χ2v) is 9.51. The zero-order valence-electron chi connectivity index (χ0n) is 18.8. The standard InChI is InChI=1S/C23H32N4O4S/c1-14(21(28)24-11-17-9-6-8-16-7-4-5-10-18(16)17)25-22(29)19(12-31-3)27-23(30)20-13-32-15(2)26-20/h5,10,12-14,16-18H,4,6-9,11H2,1-3H3,(H,24,28)(H,25,29)(H,27,30)/b19-12+/t14-,16?,17?,18?/m0/s1. The van der Waals surface area contributed by atoms with Crippen molar-refractivity contribution in [3.8, 4) is 0 Å². The molecule has 0 radical (unpaired) electrons. The minimum absolute atomic E-state index is 0.0923. The molecular formula is C23H32N4O4S. The number of ether oxygens (including phenoxy) is 1. The molecule has 1 aromatic heterocycles. The lowest BCUT2D eigenvalue weighted by atomic mass is 9.68. The highest BCUT2D eigenvalue weighted by Crippen LogP contribution is 2.40. The Balaban J connectivity index is 1.51. The van der Waals surface area contributed by atoms with Gasteiger partial charge in [0.2, 0.25) is 5.91 Å². The molecule has 3 unspecified atom stereocenters. The number of methoxy groups -OCH3 is 1. The molecule has 9 heteroatoms. The quantitative estimate of drug-likeness (QED) is 0.314. The second-order valence-electron chi connectivity index (χ2n) is 8.45. The zero-order valence-corrected chi connectivity index (χ0v) is 19.7. The minimum Gasteiger partial charge on any atom is -0.502 e. The molecule has 1 saturated carbocycles. The van der Waals surface area contributed by atoms with Gasteiger partial charge in [0.05, 0.1) is 12.1 Å². The van der Waals surface area contributed by atoms with Gasteiger partial charge in [0.25, 0.3) is 11.8 Å². The summed E-state index contributed by atoms with van der Waals surface area (Å²) in [6.07, 6.45) is 11.7. The average molecular weight is 461 g/mol.